The van der Waals surface area contributed by atoms with Crippen molar-refractivity contribution < 1.29 is 8.42 Å². The summed E-state index contributed by atoms with van der Waals surface area (Å²) in [6.07, 6.45) is 1.32. The maximum Gasteiger partial charge on any atom is 0.238 e. The van der Waals surface area contributed by atoms with E-state index < -0.39 is 10.0 Å². The Balaban J connectivity index is 2.36. The van der Waals surface area contributed by atoms with E-state index in [1.165, 1.54) is 12.1 Å². The zero-order valence-electron chi connectivity index (χ0n) is 11.6. The number of rotatable bonds is 6. The molecule has 2 rings (SSSR count). The predicted molar refractivity (Wildman–Crippen MR) is 82.4 cm³/mol. The molecule has 0 amide bonds. The van der Waals surface area contributed by atoms with E-state index in [0.29, 0.717) is 11.9 Å². The SMILES string of the molecule is CCn1c(SCCCC#N)nc2cc(S(N)(=O)=O)ccc21. The highest BCUT2D eigenvalue weighted by atomic mass is 32.2. The zero-order valence-corrected chi connectivity index (χ0v) is 13.2. The number of fused-ring (bicyclic) bond motifs is 1. The summed E-state index contributed by atoms with van der Waals surface area (Å²) >= 11 is 1.57. The van der Waals surface area contributed by atoms with Crippen LogP contribution in [0, 0.1) is 11.3 Å². The fourth-order valence-corrected chi connectivity index (χ4v) is 3.55. The first kappa shape index (κ1) is 15.8. The maximum absolute atomic E-state index is 11.4. The second-order valence-corrected chi connectivity index (χ2v) is 7.07. The van der Waals surface area contributed by atoms with Gasteiger partial charge in [-0.1, -0.05) is 11.8 Å². The van der Waals surface area contributed by atoms with Gasteiger partial charge in [0.15, 0.2) is 5.16 Å². The van der Waals surface area contributed by atoms with Crippen LogP contribution in [0.5, 0.6) is 0 Å². The Morgan fingerprint density at radius 3 is 2.86 bits per heavy atom. The normalized spacial score (nSPS) is 11.7. The number of aromatic nitrogens is 2. The molecule has 8 heteroatoms. The summed E-state index contributed by atoms with van der Waals surface area (Å²) in [5, 5.41) is 14.5. The summed E-state index contributed by atoms with van der Waals surface area (Å²) in [6.45, 7) is 2.75. The van der Waals surface area contributed by atoms with Gasteiger partial charge in [0.05, 0.1) is 22.0 Å². The highest BCUT2D eigenvalue weighted by Gasteiger charge is 2.14. The fraction of sp³-hybridized carbons (Fsp3) is 0.385. The van der Waals surface area contributed by atoms with Crippen LogP contribution in [0.1, 0.15) is 19.8 Å². The molecule has 21 heavy (non-hydrogen) atoms. The van der Waals surface area contributed by atoms with E-state index in [0.717, 1.165) is 29.4 Å². The number of nitriles is 1. The zero-order chi connectivity index (χ0) is 15.5. The van der Waals surface area contributed by atoms with Gasteiger partial charge in [0.25, 0.3) is 0 Å². The number of hydrogen-bond donors (Lipinski definition) is 1. The Morgan fingerprint density at radius 2 is 2.24 bits per heavy atom. The molecule has 0 spiro atoms. The molecule has 0 radical (unpaired) electrons. The Morgan fingerprint density at radius 1 is 1.48 bits per heavy atom. The third-order valence-corrected chi connectivity index (χ3v) is 4.97. The topological polar surface area (TPSA) is 102 Å². The van der Waals surface area contributed by atoms with Crippen LogP contribution in [0.4, 0.5) is 0 Å². The number of aryl methyl sites for hydroxylation is 1. The minimum absolute atomic E-state index is 0.0665. The van der Waals surface area contributed by atoms with Crippen molar-refractivity contribution in [1.82, 2.24) is 9.55 Å². The number of imidazole rings is 1. The molecule has 0 saturated heterocycles. The molecule has 0 fully saturated rings. The standard InChI is InChI=1S/C13H16N4O2S2/c1-2-17-12-6-5-10(21(15,18)19)9-11(12)16-13(17)20-8-4-3-7-14/h5-6,9H,2-4,8H2,1H3,(H2,15,18,19). The molecule has 0 aliphatic carbocycles. The second-order valence-electron chi connectivity index (χ2n) is 4.44. The molecule has 1 aromatic heterocycles. The molecule has 0 atom stereocenters. The lowest BCUT2D eigenvalue weighted by molar-refractivity contribution is 0.598. The van der Waals surface area contributed by atoms with Crippen molar-refractivity contribution >= 4 is 32.8 Å². The van der Waals surface area contributed by atoms with E-state index in [2.05, 4.69) is 11.1 Å². The van der Waals surface area contributed by atoms with Crippen molar-refractivity contribution in [3.63, 3.8) is 0 Å². The second kappa shape index (κ2) is 6.47. The van der Waals surface area contributed by atoms with Gasteiger partial charge in [0.2, 0.25) is 10.0 Å². The summed E-state index contributed by atoms with van der Waals surface area (Å²) in [7, 11) is -3.72. The summed E-state index contributed by atoms with van der Waals surface area (Å²) in [4.78, 5) is 4.54. The molecule has 112 valence electrons. The van der Waals surface area contributed by atoms with Crippen LogP contribution in [0.15, 0.2) is 28.3 Å². The van der Waals surface area contributed by atoms with Gasteiger partial charge in [-0.15, -0.1) is 0 Å². The largest absolute Gasteiger partial charge is 0.319 e. The maximum atomic E-state index is 11.4. The predicted octanol–water partition coefficient (Wildman–Crippen LogP) is 2.10. The summed E-state index contributed by atoms with van der Waals surface area (Å²) in [5.41, 5.74) is 1.50. The molecule has 1 aromatic carbocycles. The number of thioether (sulfide) groups is 1. The minimum Gasteiger partial charge on any atom is -0.319 e. The number of nitrogens with zero attached hydrogens (tertiary/aromatic N) is 3. The summed E-state index contributed by atoms with van der Waals surface area (Å²) in [5.74, 6) is 0.804. The molecule has 0 bridgehead atoms. The fourth-order valence-electron chi connectivity index (χ4n) is 1.99. The van der Waals surface area contributed by atoms with Crippen molar-refractivity contribution in [2.75, 3.05) is 5.75 Å². The van der Waals surface area contributed by atoms with E-state index in [1.807, 2.05) is 11.5 Å². The first-order chi connectivity index (χ1) is 9.97. The van der Waals surface area contributed by atoms with Crippen LogP contribution in [0.25, 0.3) is 11.0 Å². The molecule has 0 saturated carbocycles. The van der Waals surface area contributed by atoms with Gasteiger partial charge >= 0.3 is 0 Å². The van der Waals surface area contributed by atoms with Crippen LogP contribution < -0.4 is 5.14 Å². The Kier molecular flexibility index (Phi) is 4.88. The van der Waals surface area contributed by atoms with Gasteiger partial charge in [0, 0.05) is 18.7 Å². The van der Waals surface area contributed by atoms with Crippen molar-refractivity contribution in [1.29, 1.82) is 5.26 Å². The quantitative estimate of drug-likeness (QED) is 0.647. The lowest BCUT2D eigenvalue weighted by Crippen LogP contribution is -2.11. The minimum atomic E-state index is -3.72. The average molecular weight is 324 g/mol. The molecule has 6 nitrogen and oxygen atoms in total. The molecule has 2 aromatic rings. The van der Waals surface area contributed by atoms with Crippen molar-refractivity contribution in [2.45, 2.75) is 36.4 Å². The molecule has 0 unspecified atom stereocenters. The summed E-state index contributed by atoms with van der Waals surface area (Å²) in [6, 6.07) is 6.83. The van der Waals surface area contributed by atoms with Crippen molar-refractivity contribution in [3.05, 3.63) is 18.2 Å². The Hall–Kier alpha value is -1.56. The van der Waals surface area contributed by atoms with Crippen LogP contribution in [-0.2, 0) is 16.6 Å². The number of sulfonamides is 1. The van der Waals surface area contributed by atoms with E-state index >= 15 is 0 Å². The van der Waals surface area contributed by atoms with E-state index in [-0.39, 0.29) is 4.90 Å². The monoisotopic (exact) mass is 324 g/mol. The first-order valence-corrected chi connectivity index (χ1v) is 9.03. The first-order valence-electron chi connectivity index (χ1n) is 6.50. The van der Waals surface area contributed by atoms with E-state index in [9.17, 15) is 8.42 Å². The number of benzene rings is 1. The molecule has 0 aliphatic rings. The van der Waals surface area contributed by atoms with Gasteiger partial charge in [-0.2, -0.15) is 5.26 Å². The van der Waals surface area contributed by atoms with Gasteiger partial charge in [-0.3, -0.25) is 0 Å². The van der Waals surface area contributed by atoms with Crippen LogP contribution in [0.3, 0.4) is 0 Å². The average Bonchev–Trinajstić information content (AvgIpc) is 2.79. The number of nitrogens with two attached hydrogens (primary N) is 1. The highest BCUT2D eigenvalue weighted by molar-refractivity contribution is 7.99. The third kappa shape index (κ3) is 3.56. The lowest BCUT2D eigenvalue weighted by Gasteiger charge is -2.05. The third-order valence-electron chi connectivity index (χ3n) is 2.99. The summed E-state index contributed by atoms with van der Waals surface area (Å²) < 4.78 is 24.8. The van der Waals surface area contributed by atoms with Gasteiger partial charge in [-0.05, 0) is 31.5 Å². The van der Waals surface area contributed by atoms with E-state index in [1.54, 1.807) is 17.8 Å². The molecular formula is C13H16N4O2S2. The van der Waals surface area contributed by atoms with Crippen molar-refractivity contribution in [2.24, 2.45) is 5.14 Å². The van der Waals surface area contributed by atoms with Crippen LogP contribution >= 0.6 is 11.8 Å². The lowest BCUT2D eigenvalue weighted by atomic mass is 10.3. The van der Waals surface area contributed by atoms with Gasteiger partial charge in [-0.25, -0.2) is 18.5 Å². The van der Waals surface area contributed by atoms with E-state index in [4.69, 9.17) is 10.4 Å². The molecule has 2 N–H and O–H groups in total. The number of primary sulfonamides is 1. The number of unbranched alkanes of at least 4 members (excludes halogenated alkanes) is 1. The van der Waals surface area contributed by atoms with Gasteiger partial charge < -0.3 is 4.57 Å². The van der Waals surface area contributed by atoms with Gasteiger partial charge in [0.1, 0.15) is 0 Å². The Bertz CT molecular complexity index is 790. The highest BCUT2D eigenvalue weighted by Crippen LogP contribution is 2.26. The van der Waals surface area contributed by atoms with Crippen LogP contribution in [0.2, 0.25) is 0 Å². The van der Waals surface area contributed by atoms with Crippen molar-refractivity contribution in [3.8, 4) is 6.07 Å². The Labute approximate surface area is 128 Å². The molecule has 0 aliphatic heterocycles. The number of hydrogen-bond acceptors (Lipinski definition) is 5. The van der Waals surface area contributed by atoms with Crippen LogP contribution in [-0.4, -0.2) is 23.7 Å². The molecular weight excluding hydrogens is 308 g/mol. The molecule has 1 heterocycles. The smallest absolute Gasteiger partial charge is 0.238 e.